The maximum absolute atomic E-state index is 12.4. The molecule has 0 spiro atoms. The minimum Gasteiger partial charge on any atom is -0.353 e. The first kappa shape index (κ1) is 18.7. The van der Waals surface area contributed by atoms with Gasteiger partial charge in [0.2, 0.25) is 0 Å². The number of amides is 2. The largest absolute Gasteiger partial charge is 0.353 e. The number of aromatic amines is 1. The normalized spacial score (nSPS) is 10.9. The van der Waals surface area contributed by atoms with E-state index >= 15 is 0 Å². The van der Waals surface area contributed by atoms with Crippen molar-refractivity contribution in [3.05, 3.63) is 54.6 Å². The highest BCUT2D eigenvalue weighted by Crippen LogP contribution is 2.34. The van der Waals surface area contributed by atoms with Crippen LogP contribution in [0.1, 0.15) is 6.42 Å². The number of hydrogen-bond acceptors (Lipinski definition) is 3. The van der Waals surface area contributed by atoms with Gasteiger partial charge in [-0.1, -0.05) is 48.5 Å². The first-order valence-electron chi connectivity index (χ1n) is 8.96. The minimum absolute atomic E-state index is 0.462. The molecule has 0 radical (unpaired) electrons. The molecule has 3 rings (SSSR count). The molecule has 0 aliphatic carbocycles. The number of nitrogens with one attached hydrogen (secondary N) is 3. The summed E-state index contributed by atoms with van der Waals surface area (Å²) in [5, 5.41) is 6.32. The quantitative estimate of drug-likeness (QED) is 0.465. The van der Waals surface area contributed by atoms with Gasteiger partial charge < -0.3 is 20.5 Å². The lowest BCUT2D eigenvalue weighted by Gasteiger charge is -2.10. The maximum atomic E-state index is 12.4. The molecule has 0 aliphatic rings. The first-order valence-corrected chi connectivity index (χ1v) is 8.96. The second-order valence-corrected chi connectivity index (χ2v) is 6.65. The predicted octanol–water partition coefficient (Wildman–Crippen LogP) is 2.84. The van der Waals surface area contributed by atoms with Gasteiger partial charge >= 0.3 is 11.8 Å². The van der Waals surface area contributed by atoms with Gasteiger partial charge in [0.15, 0.2) is 0 Å². The van der Waals surface area contributed by atoms with Crippen LogP contribution in [0.25, 0.3) is 22.2 Å². The summed E-state index contributed by atoms with van der Waals surface area (Å²) in [6, 6.07) is 17.4. The molecule has 1 heterocycles. The molecule has 6 heteroatoms. The molecular formula is C21H24N4O2. The van der Waals surface area contributed by atoms with Crippen molar-refractivity contribution in [3.8, 4) is 11.3 Å². The van der Waals surface area contributed by atoms with E-state index < -0.39 is 11.8 Å². The standard InChI is InChI=1S/C21H24N4O2/c1-25(2)14-8-13-22-20(26)21(27)24-19-16-11-6-7-12-17(16)23-18(19)15-9-4-3-5-10-15/h3-7,9-12,23H,8,13-14H2,1-2H3,(H,22,26)(H,24,27). The molecule has 0 saturated heterocycles. The zero-order chi connectivity index (χ0) is 19.2. The van der Waals surface area contributed by atoms with Gasteiger partial charge in [0, 0.05) is 23.0 Å². The van der Waals surface area contributed by atoms with Gasteiger partial charge in [0.05, 0.1) is 11.4 Å². The fraction of sp³-hybridized carbons (Fsp3) is 0.238. The molecule has 3 aromatic rings. The maximum Gasteiger partial charge on any atom is 0.313 e. The number of carbonyl (C=O) groups is 2. The van der Waals surface area contributed by atoms with Gasteiger partial charge in [-0.3, -0.25) is 9.59 Å². The van der Waals surface area contributed by atoms with E-state index in [1.807, 2.05) is 73.6 Å². The van der Waals surface area contributed by atoms with Crippen molar-refractivity contribution in [2.45, 2.75) is 6.42 Å². The summed E-state index contributed by atoms with van der Waals surface area (Å²) in [5.41, 5.74) is 3.24. The minimum atomic E-state index is -0.665. The Morgan fingerprint density at radius 1 is 0.963 bits per heavy atom. The van der Waals surface area contributed by atoms with Crippen molar-refractivity contribution in [1.29, 1.82) is 0 Å². The Morgan fingerprint density at radius 3 is 2.41 bits per heavy atom. The van der Waals surface area contributed by atoms with Gasteiger partial charge in [-0.05, 0) is 33.1 Å². The van der Waals surface area contributed by atoms with Crippen molar-refractivity contribution < 1.29 is 9.59 Å². The molecule has 140 valence electrons. The molecule has 0 aliphatic heterocycles. The number of nitrogens with zero attached hydrogens (tertiary/aromatic N) is 1. The van der Waals surface area contributed by atoms with Gasteiger partial charge in [-0.15, -0.1) is 0 Å². The average molecular weight is 364 g/mol. The second-order valence-electron chi connectivity index (χ2n) is 6.65. The number of hydrogen-bond donors (Lipinski definition) is 3. The van der Waals surface area contributed by atoms with Crippen molar-refractivity contribution >= 4 is 28.4 Å². The van der Waals surface area contributed by atoms with Crippen LogP contribution in [0, 0.1) is 0 Å². The summed E-state index contributed by atoms with van der Waals surface area (Å²) in [6.45, 7) is 1.31. The van der Waals surface area contributed by atoms with E-state index in [0.29, 0.717) is 12.2 Å². The van der Waals surface area contributed by atoms with Crippen LogP contribution in [0.4, 0.5) is 5.69 Å². The molecule has 0 fully saturated rings. The molecule has 2 amide bonds. The van der Waals surface area contributed by atoms with Crippen molar-refractivity contribution in [1.82, 2.24) is 15.2 Å². The monoisotopic (exact) mass is 364 g/mol. The average Bonchev–Trinajstić information content (AvgIpc) is 3.04. The Bertz CT molecular complexity index is 932. The molecule has 2 aromatic carbocycles. The number of fused-ring (bicyclic) bond motifs is 1. The summed E-state index contributed by atoms with van der Waals surface area (Å²) < 4.78 is 0. The van der Waals surface area contributed by atoms with Gasteiger partial charge in [-0.2, -0.15) is 0 Å². The van der Waals surface area contributed by atoms with E-state index in [0.717, 1.165) is 35.1 Å². The van der Waals surface area contributed by atoms with Gasteiger partial charge in [-0.25, -0.2) is 0 Å². The highest BCUT2D eigenvalue weighted by Gasteiger charge is 2.19. The van der Waals surface area contributed by atoms with E-state index in [9.17, 15) is 9.59 Å². The summed E-state index contributed by atoms with van der Waals surface area (Å²) in [4.78, 5) is 29.9. The molecule has 1 aromatic heterocycles. The third-order valence-electron chi connectivity index (χ3n) is 4.28. The molecule has 0 saturated carbocycles. The molecule has 3 N–H and O–H groups in total. The van der Waals surface area contributed by atoms with Crippen molar-refractivity contribution in [2.75, 3.05) is 32.5 Å². The molecule has 0 unspecified atom stereocenters. The summed E-state index contributed by atoms with van der Waals surface area (Å²) in [6.07, 6.45) is 0.786. The smallest absolute Gasteiger partial charge is 0.313 e. The lowest BCUT2D eigenvalue weighted by atomic mass is 10.1. The summed E-state index contributed by atoms with van der Waals surface area (Å²) in [7, 11) is 3.94. The lowest BCUT2D eigenvalue weighted by Crippen LogP contribution is -2.36. The molecule has 0 atom stereocenters. The van der Waals surface area contributed by atoms with Crippen LogP contribution in [0.15, 0.2) is 54.6 Å². The number of aromatic nitrogens is 1. The number of anilines is 1. The lowest BCUT2D eigenvalue weighted by molar-refractivity contribution is -0.136. The Hall–Kier alpha value is -3.12. The van der Waals surface area contributed by atoms with Crippen LogP contribution >= 0.6 is 0 Å². The first-order chi connectivity index (χ1) is 13.1. The molecule has 6 nitrogen and oxygen atoms in total. The number of rotatable bonds is 6. The zero-order valence-corrected chi connectivity index (χ0v) is 15.6. The number of para-hydroxylation sites is 1. The van der Waals surface area contributed by atoms with E-state index in [-0.39, 0.29) is 0 Å². The number of carbonyl (C=O) groups excluding carboxylic acids is 2. The van der Waals surface area contributed by atoms with E-state index in [4.69, 9.17) is 0 Å². The van der Waals surface area contributed by atoms with Crippen LogP contribution in [0.3, 0.4) is 0 Å². The number of benzene rings is 2. The van der Waals surface area contributed by atoms with E-state index in [2.05, 4.69) is 15.6 Å². The topological polar surface area (TPSA) is 77.2 Å². The Labute approximate surface area is 158 Å². The van der Waals surface area contributed by atoms with E-state index in [1.54, 1.807) is 0 Å². The number of H-pyrrole nitrogens is 1. The third-order valence-corrected chi connectivity index (χ3v) is 4.28. The predicted molar refractivity (Wildman–Crippen MR) is 109 cm³/mol. The molecule has 27 heavy (non-hydrogen) atoms. The van der Waals surface area contributed by atoms with Crippen LogP contribution in [-0.4, -0.2) is 48.9 Å². The Kier molecular flexibility index (Phi) is 5.88. The Morgan fingerprint density at radius 2 is 1.67 bits per heavy atom. The van der Waals surface area contributed by atoms with Crippen molar-refractivity contribution in [3.63, 3.8) is 0 Å². The summed E-state index contributed by atoms with van der Waals surface area (Å²) >= 11 is 0. The van der Waals surface area contributed by atoms with Crippen LogP contribution in [0.2, 0.25) is 0 Å². The van der Waals surface area contributed by atoms with Crippen LogP contribution in [0.5, 0.6) is 0 Å². The second kappa shape index (κ2) is 8.51. The fourth-order valence-electron chi connectivity index (χ4n) is 2.94. The molecule has 0 bridgehead atoms. The zero-order valence-electron chi connectivity index (χ0n) is 15.6. The van der Waals surface area contributed by atoms with E-state index in [1.165, 1.54) is 0 Å². The van der Waals surface area contributed by atoms with Crippen LogP contribution < -0.4 is 10.6 Å². The third kappa shape index (κ3) is 4.54. The molecular weight excluding hydrogens is 340 g/mol. The highest BCUT2D eigenvalue weighted by molar-refractivity contribution is 6.40. The Balaban J connectivity index is 1.79. The highest BCUT2D eigenvalue weighted by atomic mass is 16.2. The van der Waals surface area contributed by atoms with Crippen LogP contribution in [-0.2, 0) is 9.59 Å². The van der Waals surface area contributed by atoms with Gasteiger partial charge in [0.1, 0.15) is 0 Å². The fourth-order valence-corrected chi connectivity index (χ4v) is 2.94. The van der Waals surface area contributed by atoms with Crippen molar-refractivity contribution in [2.24, 2.45) is 0 Å². The SMILES string of the molecule is CN(C)CCCNC(=O)C(=O)Nc1c(-c2ccccc2)[nH]c2ccccc12. The summed E-state index contributed by atoms with van der Waals surface area (Å²) in [5.74, 6) is -1.29. The van der Waals surface area contributed by atoms with Gasteiger partial charge in [0.25, 0.3) is 0 Å².